The summed E-state index contributed by atoms with van der Waals surface area (Å²) in [6.07, 6.45) is 0.275. The van der Waals surface area contributed by atoms with Crippen LogP contribution in [0, 0.1) is 6.92 Å². The van der Waals surface area contributed by atoms with Crippen LogP contribution in [0.25, 0.3) is 0 Å². The molecule has 0 aliphatic carbocycles. The maximum Gasteiger partial charge on any atom is 0.254 e. The smallest absolute Gasteiger partial charge is 0.254 e. The predicted molar refractivity (Wildman–Crippen MR) is 100 cm³/mol. The molecule has 1 heterocycles. The number of nitrogens with one attached hydrogen (secondary N) is 3. The van der Waals surface area contributed by atoms with Crippen LogP contribution in [0.15, 0.2) is 42.5 Å². The van der Waals surface area contributed by atoms with E-state index in [4.69, 9.17) is 11.6 Å². The van der Waals surface area contributed by atoms with E-state index in [1.54, 1.807) is 42.5 Å². The second-order valence-electron chi connectivity index (χ2n) is 6.06. The van der Waals surface area contributed by atoms with Crippen molar-refractivity contribution in [2.75, 3.05) is 10.6 Å². The van der Waals surface area contributed by atoms with Gasteiger partial charge in [-0.2, -0.15) is 0 Å². The molecular weight excluding hydrogens is 354 g/mol. The zero-order valence-electron chi connectivity index (χ0n) is 14.1. The van der Waals surface area contributed by atoms with E-state index >= 15 is 0 Å². The monoisotopic (exact) mass is 371 g/mol. The van der Waals surface area contributed by atoms with Crippen molar-refractivity contribution < 1.29 is 14.4 Å². The molecule has 3 N–H and O–H groups in total. The van der Waals surface area contributed by atoms with E-state index in [1.165, 1.54) is 0 Å². The number of para-hydroxylation sites is 1. The van der Waals surface area contributed by atoms with Gasteiger partial charge in [0.1, 0.15) is 6.04 Å². The van der Waals surface area contributed by atoms with Crippen LogP contribution in [0.5, 0.6) is 0 Å². The Morgan fingerprint density at radius 3 is 2.73 bits per heavy atom. The molecule has 0 fully saturated rings. The molecule has 0 saturated carbocycles. The number of benzene rings is 2. The lowest BCUT2D eigenvalue weighted by Gasteiger charge is -2.15. The molecule has 2 aromatic carbocycles. The van der Waals surface area contributed by atoms with Crippen molar-refractivity contribution in [2.24, 2.45) is 0 Å². The molecule has 0 unspecified atom stereocenters. The minimum Gasteiger partial charge on any atom is -0.340 e. The molecule has 1 atom stereocenters. The van der Waals surface area contributed by atoms with Crippen LogP contribution >= 0.6 is 11.6 Å². The van der Waals surface area contributed by atoms with Crippen LogP contribution in [0.3, 0.4) is 0 Å². The number of hydrogen-bond donors (Lipinski definition) is 3. The Kier molecular flexibility index (Phi) is 5.23. The summed E-state index contributed by atoms with van der Waals surface area (Å²) in [6.45, 7) is 1.81. The van der Waals surface area contributed by atoms with E-state index in [-0.39, 0.29) is 30.6 Å². The molecule has 6 nitrogen and oxygen atoms in total. The maximum atomic E-state index is 12.3. The van der Waals surface area contributed by atoms with E-state index in [9.17, 15) is 14.4 Å². The number of hydrogen-bond acceptors (Lipinski definition) is 3. The Labute approximate surface area is 155 Å². The van der Waals surface area contributed by atoms with Gasteiger partial charge >= 0.3 is 0 Å². The topological polar surface area (TPSA) is 87.3 Å². The minimum atomic E-state index is -0.777. The van der Waals surface area contributed by atoms with Crippen molar-refractivity contribution in [3.05, 3.63) is 58.6 Å². The average Bonchev–Trinajstić information content (AvgIpc) is 2.74. The Balaban J connectivity index is 1.63. The molecule has 134 valence electrons. The molecule has 7 heteroatoms. The molecule has 1 aliphatic rings. The number of carbonyl (C=O) groups is 3. The number of fused-ring (bicyclic) bond motifs is 1. The average molecular weight is 372 g/mol. The van der Waals surface area contributed by atoms with Gasteiger partial charge in [-0.25, -0.2) is 0 Å². The largest absolute Gasteiger partial charge is 0.340 e. The number of carbonyl (C=O) groups excluding carboxylic acids is 3. The Bertz CT molecular complexity index is 882. The second kappa shape index (κ2) is 7.58. The van der Waals surface area contributed by atoms with E-state index in [2.05, 4.69) is 16.0 Å². The van der Waals surface area contributed by atoms with Crippen molar-refractivity contribution in [1.29, 1.82) is 0 Å². The molecule has 0 saturated heterocycles. The molecule has 0 bridgehead atoms. The highest BCUT2D eigenvalue weighted by Gasteiger charge is 2.27. The Morgan fingerprint density at radius 1 is 1.15 bits per heavy atom. The van der Waals surface area contributed by atoms with Crippen LogP contribution < -0.4 is 16.0 Å². The van der Waals surface area contributed by atoms with Gasteiger partial charge in [-0.3, -0.25) is 14.4 Å². The van der Waals surface area contributed by atoms with Crippen LogP contribution in [0.1, 0.15) is 28.8 Å². The molecule has 0 radical (unpaired) electrons. The first kappa shape index (κ1) is 17.9. The summed E-state index contributed by atoms with van der Waals surface area (Å²) < 4.78 is 0. The van der Waals surface area contributed by atoms with Crippen LogP contribution in [0.4, 0.5) is 11.4 Å². The molecular formula is C19H18ClN3O3. The van der Waals surface area contributed by atoms with Crippen molar-refractivity contribution in [3.63, 3.8) is 0 Å². The maximum absolute atomic E-state index is 12.3. The highest BCUT2D eigenvalue weighted by Crippen LogP contribution is 2.23. The van der Waals surface area contributed by atoms with E-state index in [0.29, 0.717) is 22.0 Å². The fourth-order valence-corrected chi connectivity index (χ4v) is 2.92. The van der Waals surface area contributed by atoms with Crippen LogP contribution in [-0.4, -0.2) is 23.8 Å². The molecule has 3 amide bonds. The van der Waals surface area contributed by atoms with Crippen molar-refractivity contribution in [2.45, 2.75) is 25.8 Å². The van der Waals surface area contributed by atoms with Gasteiger partial charge in [-0.15, -0.1) is 0 Å². The molecule has 26 heavy (non-hydrogen) atoms. The van der Waals surface area contributed by atoms with Gasteiger partial charge in [0.25, 0.3) is 5.91 Å². The SMILES string of the molecule is Cc1c(Cl)cccc1NC(=O)CC[C@@H]1NC(=O)c2ccccc2NC1=O. The van der Waals surface area contributed by atoms with Gasteiger partial charge in [-0.05, 0) is 43.2 Å². The number of anilines is 2. The van der Waals surface area contributed by atoms with Gasteiger partial charge in [0.15, 0.2) is 0 Å². The third kappa shape index (κ3) is 3.86. The van der Waals surface area contributed by atoms with Crippen molar-refractivity contribution in [1.82, 2.24) is 5.32 Å². The number of rotatable bonds is 4. The Morgan fingerprint density at radius 2 is 1.92 bits per heavy atom. The summed E-state index contributed by atoms with van der Waals surface area (Å²) in [6, 6.07) is 11.3. The zero-order chi connectivity index (χ0) is 18.7. The number of amides is 3. The lowest BCUT2D eigenvalue weighted by molar-refractivity contribution is -0.118. The summed E-state index contributed by atoms with van der Waals surface area (Å²) in [5.41, 5.74) is 2.28. The molecule has 1 aliphatic heterocycles. The zero-order valence-corrected chi connectivity index (χ0v) is 14.9. The summed E-state index contributed by atoms with van der Waals surface area (Å²) >= 11 is 6.04. The lowest BCUT2D eigenvalue weighted by atomic mass is 10.1. The first-order valence-corrected chi connectivity index (χ1v) is 8.59. The first-order valence-electron chi connectivity index (χ1n) is 8.21. The summed E-state index contributed by atoms with van der Waals surface area (Å²) in [5.74, 6) is -0.927. The summed E-state index contributed by atoms with van der Waals surface area (Å²) in [4.78, 5) is 36.8. The highest BCUT2D eigenvalue weighted by molar-refractivity contribution is 6.31. The third-order valence-electron chi connectivity index (χ3n) is 4.25. The lowest BCUT2D eigenvalue weighted by Crippen LogP contribution is -2.41. The fraction of sp³-hybridized carbons (Fsp3) is 0.211. The van der Waals surface area contributed by atoms with E-state index in [0.717, 1.165) is 5.56 Å². The fourth-order valence-electron chi connectivity index (χ4n) is 2.75. The molecule has 0 aromatic heterocycles. The number of halogens is 1. The second-order valence-corrected chi connectivity index (χ2v) is 6.47. The molecule has 3 rings (SSSR count). The van der Waals surface area contributed by atoms with Crippen molar-refractivity contribution >= 4 is 40.7 Å². The molecule has 2 aromatic rings. The summed E-state index contributed by atoms with van der Waals surface area (Å²) in [5, 5.41) is 8.74. The van der Waals surface area contributed by atoms with Gasteiger partial charge in [0.05, 0.1) is 11.3 Å². The van der Waals surface area contributed by atoms with Crippen LogP contribution in [-0.2, 0) is 9.59 Å². The van der Waals surface area contributed by atoms with Gasteiger partial charge < -0.3 is 16.0 Å². The Hall–Kier alpha value is -2.86. The van der Waals surface area contributed by atoms with Gasteiger partial charge in [0, 0.05) is 17.1 Å². The third-order valence-corrected chi connectivity index (χ3v) is 4.66. The quantitative estimate of drug-likeness (QED) is 0.771. The van der Waals surface area contributed by atoms with Gasteiger partial charge in [0.2, 0.25) is 11.8 Å². The van der Waals surface area contributed by atoms with E-state index < -0.39 is 6.04 Å². The standard InChI is InChI=1S/C19H18ClN3O3/c1-11-13(20)6-4-8-14(11)21-17(24)10-9-16-19(26)22-15-7-3-2-5-12(15)18(25)23-16/h2-8,16H,9-10H2,1H3,(H,21,24)(H,22,26)(H,23,25)/t16-/m0/s1. The van der Waals surface area contributed by atoms with Gasteiger partial charge in [-0.1, -0.05) is 29.8 Å². The normalized spacial score (nSPS) is 16.2. The first-order chi connectivity index (χ1) is 12.5. The predicted octanol–water partition coefficient (Wildman–Crippen LogP) is 3.12. The summed E-state index contributed by atoms with van der Waals surface area (Å²) in [7, 11) is 0. The minimum absolute atomic E-state index is 0.0840. The van der Waals surface area contributed by atoms with E-state index in [1.807, 2.05) is 6.92 Å². The molecule has 0 spiro atoms. The highest BCUT2D eigenvalue weighted by atomic mass is 35.5. The van der Waals surface area contributed by atoms with Crippen LogP contribution in [0.2, 0.25) is 5.02 Å². The van der Waals surface area contributed by atoms with Crippen molar-refractivity contribution in [3.8, 4) is 0 Å².